The summed E-state index contributed by atoms with van der Waals surface area (Å²) in [5.74, 6) is -0.887. The van der Waals surface area contributed by atoms with E-state index in [2.05, 4.69) is 5.32 Å². The number of para-hydroxylation sites is 1. The quantitative estimate of drug-likeness (QED) is 0.614. The van der Waals surface area contributed by atoms with E-state index in [1.807, 2.05) is 36.4 Å². The maximum absolute atomic E-state index is 13.3. The summed E-state index contributed by atoms with van der Waals surface area (Å²) in [7, 11) is 0. The Bertz CT molecular complexity index is 1140. The van der Waals surface area contributed by atoms with Gasteiger partial charge < -0.3 is 5.32 Å². The number of benzene rings is 3. The Morgan fingerprint density at radius 1 is 0.800 bits per heavy atom. The molecule has 0 saturated heterocycles. The van der Waals surface area contributed by atoms with Gasteiger partial charge in [0, 0.05) is 17.5 Å². The van der Waals surface area contributed by atoms with E-state index in [9.17, 15) is 14.4 Å². The van der Waals surface area contributed by atoms with Crippen LogP contribution in [0.5, 0.6) is 0 Å². The Morgan fingerprint density at radius 2 is 1.40 bits per heavy atom. The van der Waals surface area contributed by atoms with Crippen LogP contribution in [0.25, 0.3) is 5.57 Å². The fraction of sp³-hybridized carbons (Fsp3) is 0.0417. The predicted octanol–water partition coefficient (Wildman–Crippen LogP) is 4.72. The van der Waals surface area contributed by atoms with Crippen LogP contribution in [-0.4, -0.2) is 17.7 Å². The molecule has 30 heavy (non-hydrogen) atoms. The number of hydrogen-bond donors (Lipinski definition) is 1. The zero-order valence-electron chi connectivity index (χ0n) is 16.2. The van der Waals surface area contributed by atoms with Gasteiger partial charge in [-0.2, -0.15) is 0 Å². The summed E-state index contributed by atoms with van der Waals surface area (Å²) in [6.45, 7) is 1.43. The second-order valence-corrected chi connectivity index (χ2v) is 7.74. The Balaban J connectivity index is 1.78. The molecule has 0 aliphatic carbocycles. The van der Waals surface area contributed by atoms with E-state index in [0.717, 1.165) is 4.90 Å². The van der Waals surface area contributed by atoms with Gasteiger partial charge in [0.15, 0.2) is 0 Å². The second-order valence-electron chi connectivity index (χ2n) is 6.66. The lowest BCUT2D eigenvalue weighted by atomic mass is 10.1. The number of nitrogens with one attached hydrogen (secondary N) is 1. The highest BCUT2D eigenvalue weighted by atomic mass is 32.2. The van der Waals surface area contributed by atoms with E-state index in [1.54, 1.807) is 48.5 Å². The highest BCUT2D eigenvalue weighted by molar-refractivity contribution is 8.04. The molecule has 0 fully saturated rings. The highest BCUT2D eigenvalue weighted by Crippen LogP contribution is 2.41. The van der Waals surface area contributed by atoms with Crippen LogP contribution in [0.4, 0.5) is 11.4 Å². The maximum atomic E-state index is 13.3. The van der Waals surface area contributed by atoms with Crippen molar-refractivity contribution in [2.45, 2.75) is 11.8 Å². The number of rotatable bonds is 5. The van der Waals surface area contributed by atoms with Crippen LogP contribution in [0.3, 0.4) is 0 Å². The first-order valence-electron chi connectivity index (χ1n) is 9.33. The van der Waals surface area contributed by atoms with Gasteiger partial charge in [0.25, 0.3) is 11.8 Å². The molecular weight excluding hydrogens is 396 g/mol. The maximum Gasteiger partial charge on any atom is 0.272 e. The van der Waals surface area contributed by atoms with Gasteiger partial charge in [-0.05, 0) is 42.0 Å². The number of carbonyl (C=O) groups excluding carboxylic acids is 3. The third-order valence-corrected chi connectivity index (χ3v) is 5.60. The highest BCUT2D eigenvalue weighted by Gasteiger charge is 2.40. The van der Waals surface area contributed by atoms with Crippen LogP contribution >= 0.6 is 11.8 Å². The van der Waals surface area contributed by atoms with E-state index in [0.29, 0.717) is 27.4 Å². The van der Waals surface area contributed by atoms with Gasteiger partial charge in [-0.3, -0.25) is 14.4 Å². The molecule has 1 N–H and O–H groups in total. The van der Waals surface area contributed by atoms with Gasteiger partial charge in [-0.1, -0.05) is 60.3 Å². The smallest absolute Gasteiger partial charge is 0.272 e. The number of carbonyl (C=O) groups is 3. The summed E-state index contributed by atoms with van der Waals surface area (Å²) in [6, 6.07) is 25.3. The number of hydrogen-bond acceptors (Lipinski definition) is 4. The minimum atomic E-state index is -0.364. The molecule has 1 aliphatic rings. The molecule has 0 spiro atoms. The van der Waals surface area contributed by atoms with Crippen molar-refractivity contribution in [3.05, 3.63) is 95.4 Å². The fourth-order valence-corrected chi connectivity index (χ4v) is 4.22. The third kappa shape index (κ3) is 3.90. The Labute approximate surface area is 178 Å². The summed E-state index contributed by atoms with van der Waals surface area (Å²) in [6.07, 6.45) is 0. The fourth-order valence-electron chi connectivity index (χ4n) is 3.20. The molecule has 0 atom stereocenters. The molecule has 1 aliphatic heterocycles. The standard InChI is InChI=1S/C24H18N2O3S/c1-16(27)25-18-14-12-17(13-15-18)21-22(30-20-10-6-3-7-11-20)24(29)26(23(21)28)19-8-4-2-5-9-19/h2-15H,1H3,(H,25,27). The number of thioether (sulfide) groups is 1. The van der Waals surface area contributed by atoms with Gasteiger partial charge in [0.2, 0.25) is 5.91 Å². The zero-order valence-corrected chi connectivity index (χ0v) is 17.0. The summed E-state index contributed by atoms with van der Waals surface area (Å²) in [5.41, 5.74) is 2.13. The van der Waals surface area contributed by atoms with Gasteiger partial charge in [0.1, 0.15) is 0 Å². The van der Waals surface area contributed by atoms with Crippen LogP contribution in [0, 0.1) is 0 Å². The van der Waals surface area contributed by atoms with E-state index in [1.165, 1.54) is 23.6 Å². The van der Waals surface area contributed by atoms with Crippen molar-refractivity contribution in [3.8, 4) is 0 Å². The molecule has 0 aromatic heterocycles. The molecule has 0 unspecified atom stereocenters. The summed E-state index contributed by atoms with van der Waals surface area (Å²) in [5, 5.41) is 2.71. The molecule has 0 radical (unpaired) electrons. The van der Waals surface area contributed by atoms with E-state index in [4.69, 9.17) is 0 Å². The van der Waals surface area contributed by atoms with Crippen LogP contribution in [0.2, 0.25) is 0 Å². The molecule has 6 heteroatoms. The summed E-state index contributed by atoms with van der Waals surface area (Å²) in [4.78, 5) is 40.4. The third-order valence-electron chi connectivity index (χ3n) is 4.51. The van der Waals surface area contributed by atoms with E-state index >= 15 is 0 Å². The first-order valence-corrected chi connectivity index (χ1v) is 10.2. The van der Waals surface area contributed by atoms with Crippen LogP contribution in [0.1, 0.15) is 12.5 Å². The van der Waals surface area contributed by atoms with Crippen molar-refractivity contribution < 1.29 is 14.4 Å². The lowest BCUT2D eigenvalue weighted by Gasteiger charge is -2.15. The largest absolute Gasteiger partial charge is 0.326 e. The monoisotopic (exact) mass is 414 g/mol. The van der Waals surface area contributed by atoms with E-state index < -0.39 is 0 Å². The van der Waals surface area contributed by atoms with Crippen molar-refractivity contribution in [3.63, 3.8) is 0 Å². The number of amides is 3. The minimum absolute atomic E-state index is 0.176. The van der Waals surface area contributed by atoms with Crippen LogP contribution in [0.15, 0.2) is 94.7 Å². The lowest BCUT2D eigenvalue weighted by molar-refractivity contribution is -0.120. The van der Waals surface area contributed by atoms with Crippen molar-refractivity contribution in [1.29, 1.82) is 0 Å². The van der Waals surface area contributed by atoms with Gasteiger partial charge >= 0.3 is 0 Å². The Hall–Kier alpha value is -3.64. The van der Waals surface area contributed by atoms with Crippen molar-refractivity contribution >= 4 is 46.4 Å². The molecular formula is C24H18N2O3S. The Kier molecular flexibility index (Phi) is 5.50. The summed E-state index contributed by atoms with van der Waals surface area (Å²) >= 11 is 1.28. The second kappa shape index (κ2) is 8.39. The number of nitrogens with zero attached hydrogens (tertiary/aromatic N) is 1. The molecule has 3 aromatic carbocycles. The predicted molar refractivity (Wildman–Crippen MR) is 119 cm³/mol. The van der Waals surface area contributed by atoms with Crippen LogP contribution < -0.4 is 10.2 Å². The molecule has 1 heterocycles. The minimum Gasteiger partial charge on any atom is -0.326 e. The van der Waals surface area contributed by atoms with Crippen molar-refractivity contribution in [1.82, 2.24) is 0 Å². The lowest BCUT2D eigenvalue weighted by Crippen LogP contribution is -2.31. The molecule has 5 nitrogen and oxygen atoms in total. The molecule has 4 rings (SSSR count). The van der Waals surface area contributed by atoms with Crippen molar-refractivity contribution in [2.24, 2.45) is 0 Å². The Morgan fingerprint density at radius 3 is 2.00 bits per heavy atom. The number of imide groups is 1. The molecule has 0 saturated carbocycles. The average Bonchev–Trinajstić information content (AvgIpc) is 2.99. The zero-order chi connectivity index (χ0) is 21.1. The molecule has 3 aromatic rings. The van der Waals surface area contributed by atoms with Gasteiger partial charge in [0.05, 0.1) is 16.2 Å². The topological polar surface area (TPSA) is 66.5 Å². The van der Waals surface area contributed by atoms with Crippen LogP contribution in [-0.2, 0) is 14.4 Å². The van der Waals surface area contributed by atoms with Gasteiger partial charge in [-0.25, -0.2) is 4.90 Å². The van der Waals surface area contributed by atoms with Crippen molar-refractivity contribution in [2.75, 3.05) is 10.2 Å². The molecule has 3 amide bonds. The first-order chi connectivity index (χ1) is 14.5. The normalized spacial score (nSPS) is 13.7. The molecule has 148 valence electrons. The first kappa shape index (κ1) is 19.7. The van der Waals surface area contributed by atoms with Gasteiger partial charge in [-0.15, -0.1) is 0 Å². The molecule has 0 bridgehead atoms. The summed E-state index contributed by atoms with van der Waals surface area (Å²) < 4.78 is 0. The number of anilines is 2. The average molecular weight is 414 g/mol. The van der Waals surface area contributed by atoms with E-state index in [-0.39, 0.29) is 17.7 Å². The SMILES string of the molecule is CC(=O)Nc1ccc(C2=C(Sc3ccccc3)C(=O)N(c3ccccc3)C2=O)cc1.